The second kappa shape index (κ2) is 9.87. The molecule has 2 amide bonds. The van der Waals surface area contributed by atoms with Crippen molar-refractivity contribution in [3.8, 4) is 11.5 Å². The van der Waals surface area contributed by atoms with Crippen LogP contribution in [0.3, 0.4) is 0 Å². The number of ether oxygens (including phenoxy) is 2. The van der Waals surface area contributed by atoms with Gasteiger partial charge in [-0.05, 0) is 55.8 Å². The van der Waals surface area contributed by atoms with Crippen LogP contribution in [0.25, 0.3) is 0 Å². The van der Waals surface area contributed by atoms with E-state index in [0.717, 1.165) is 37.2 Å². The van der Waals surface area contributed by atoms with Crippen LogP contribution in [0.15, 0.2) is 36.5 Å². The fourth-order valence-electron chi connectivity index (χ4n) is 4.23. The predicted molar refractivity (Wildman–Crippen MR) is 116 cm³/mol. The molecule has 2 aliphatic rings. The quantitative estimate of drug-likeness (QED) is 0.691. The van der Waals surface area contributed by atoms with Crippen LogP contribution >= 0.6 is 0 Å². The first-order chi connectivity index (χ1) is 15.1. The number of nitrogens with one attached hydrogen (secondary N) is 2. The molecule has 1 fully saturated rings. The van der Waals surface area contributed by atoms with Crippen molar-refractivity contribution in [2.24, 2.45) is 7.05 Å². The lowest BCUT2D eigenvalue weighted by Gasteiger charge is -2.31. The molecule has 0 spiro atoms. The summed E-state index contributed by atoms with van der Waals surface area (Å²) in [4.78, 5) is 27.2. The highest BCUT2D eigenvalue weighted by Crippen LogP contribution is 2.32. The number of aryl methyl sites for hydroxylation is 1. The number of carbonyl (C=O) groups excluding carboxylic acids is 2. The summed E-state index contributed by atoms with van der Waals surface area (Å²) in [6, 6.07) is 9.60. The van der Waals surface area contributed by atoms with Gasteiger partial charge in [-0.3, -0.25) is 14.5 Å². The molecule has 1 atom stereocenters. The van der Waals surface area contributed by atoms with Gasteiger partial charge in [0, 0.05) is 32.0 Å². The number of benzene rings is 1. The monoisotopic (exact) mass is 426 g/mol. The average molecular weight is 427 g/mol. The van der Waals surface area contributed by atoms with Crippen molar-refractivity contribution in [3.05, 3.63) is 47.8 Å². The highest BCUT2D eigenvalue weighted by atomic mass is 16.7. The summed E-state index contributed by atoms with van der Waals surface area (Å²) in [6.45, 7) is 2.85. The SMILES string of the molecule is Cn1cccc1C(CNC(=O)C(=O)NCc1ccc2c(c1)OCO2)N1CCCCCC1. The van der Waals surface area contributed by atoms with Crippen molar-refractivity contribution in [2.75, 3.05) is 26.4 Å². The van der Waals surface area contributed by atoms with Gasteiger partial charge in [-0.25, -0.2) is 0 Å². The van der Waals surface area contributed by atoms with Crippen LogP contribution in [0.4, 0.5) is 0 Å². The number of nitrogens with zero attached hydrogens (tertiary/aromatic N) is 2. The molecule has 1 saturated heterocycles. The molecule has 166 valence electrons. The number of fused-ring (bicyclic) bond motifs is 1. The Morgan fingerprint density at radius 3 is 2.48 bits per heavy atom. The molecule has 31 heavy (non-hydrogen) atoms. The standard InChI is InChI=1S/C23H30N4O4/c1-26-10-6-7-18(26)19(27-11-4-2-3-5-12-27)15-25-23(29)22(28)24-14-17-8-9-20-21(13-17)31-16-30-20/h6-10,13,19H,2-5,11-12,14-16H2,1H3,(H,24,28)(H,25,29). The first kappa shape index (κ1) is 21.2. The second-order valence-corrected chi connectivity index (χ2v) is 8.09. The molecule has 8 nitrogen and oxygen atoms in total. The fraction of sp³-hybridized carbons (Fsp3) is 0.478. The highest BCUT2D eigenvalue weighted by molar-refractivity contribution is 6.35. The first-order valence-corrected chi connectivity index (χ1v) is 10.9. The lowest BCUT2D eigenvalue weighted by Crippen LogP contribution is -2.44. The molecule has 2 aromatic rings. The highest BCUT2D eigenvalue weighted by Gasteiger charge is 2.25. The number of likely N-dealkylation sites (tertiary alicyclic amines) is 1. The van der Waals surface area contributed by atoms with Crippen molar-refractivity contribution in [1.29, 1.82) is 0 Å². The Labute approximate surface area is 182 Å². The summed E-state index contributed by atoms with van der Waals surface area (Å²) in [6.07, 6.45) is 6.81. The summed E-state index contributed by atoms with van der Waals surface area (Å²) in [5, 5.41) is 5.53. The van der Waals surface area contributed by atoms with Gasteiger partial charge >= 0.3 is 11.8 Å². The largest absolute Gasteiger partial charge is 0.454 e. The average Bonchev–Trinajstić information content (AvgIpc) is 3.33. The fourth-order valence-corrected chi connectivity index (χ4v) is 4.23. The van der Waals surface area contributed by atoms with Crippen LogP contribution in [0.1, 0.15) is 43.0 Å². The maximum absolute atomic E-state index is 12.5. The number of aromatic nitrogens is 1. The molecule has 2 aliphatic heterocycles. The molecule has 0 bridgehead atoms. The summed E-state index contributed by atoms with van der Waals surface area (Å²) in [5.74, 6) is 0.0843. The number of hydrogen-bond donors (Lipinski definition) is 2. The van der Waals surface area contributed by atoms with Crippen LogP contribution in [0.5, 0.6) is 11.5 Å². The summed E-state index contributed by atoms with van der Waals surface area (Å²) in [7, 11) is 2.01. The number of hydrogen-bond acceptors (Lipinski definition) is 5. The van der Waals surface area contributed by atoms with E-state index in [4.69, 9.17) is 9.47 Å². The third kappa shape index (κ3) is 5.19. The van der Waals surface area contributed by atoms with Gasteiger partial charge in [0.2, 0.25) is 6.79 Å². The van der Waals surface area contributed by atoms with Crippen molar-refractivity contribution in [1.82, 2.24) is 20.1 Å². The zero-order valence-electron chi connectivity index (χ0n) is 17.9. The third-order valence-electron chi connectivity index (χ3n) is 5.96. The maximum Gasteiger partial charge on any atom is 0.309 e. The normalized spacial score (nSPS) is 17.1. The Morgan fingerprint density at radius 2 is 1.74 bits per heavy atom. The molecule has 1 unspecified atom stereocenters. The first-order valence-electron chi connectivity index (χ1n) is 10.9. The molecular weight excluding hydrogens is 396 g/mol. The van der Waals surface area contributed by atoms with E-state index in [9.17, 15) is 9.59 Å². The van der Waals surface area contributed by atoms with E-state index in [2.05, 4.69) is 26.2 Å². The van der Waals surface area contributed by atoms with Crippen molar-refractivity contribution >= 4 is 11.8 Å². The van der Waals surface area contributed by atoms with E-state index in [1.54, 1.807) is 6.07 Å². The molecule has 0 radical (unpaired) electrons. The lowest BCUT2D eigenvalue weighted by molar-refractivity contribution is -0.139. The summed E-state index contributed by atoms with van der Waals surface area (Å²) >= 11 is 0. The number of carbonyl (C=O) groups is 2. The second-order valence-electron chi connectivity index (χ2n) is 8.09. The van der Waals surface area contributed by atoms with Gasteiger partial charge in [0.25, 0.3) is 0 Å². The maximum atomic E-state index is 12.5. The Morgan fingerprint density at radius 1 is 1.00 bits per heavy atom. The zero-order valence-corrected chi connectivity index (χ0v) is 17.9. The van der Waals surface area contributed by atoms with E-state index in [1.165, 1.54) is 12.8 Å². The molecular formula is C23H30N4O4. The van der Waals surface area contributed by atoms with Gasteiger partial charge in [-0.1, -0.05) is 18.9 Å². The molecule has 4 rings (SSSR count). The lowest BCUT2D eigenvalue weighted by atomic mass is 10.1. The topological polar surface area (TPSA) is 84.8 Å². The Kier molecular flexibility index (Phi) is 6.76. The van der Waals surface area contributed by atoms with Crippen molar-refractivity contribution in [3.63, 3.8) is 0 Å². The van der Waals surface area contributed by atoms with Crippen LogP contribution in [-0.4, -0.2) is 47.7 Å². The molecule has 0 saturated carbocycles. The Balaban J connectivity index is 1.33. The van der Waals surface area contributed by atoms with Crippen LogP contribution in [0, 0.1) is 0 Å². The number of rotatable bonds is 6. The Hall–Kier alpha value is -3.00. The minimum absolute atomic E-state index is 0.0451. The van der Waals surface area contributed by atoms with E-state index >= 15 is 0 Å². The smallest absolute Gasteiger partial charge is 0.309 e. The molecule has 8 heteroatoms. The Bertz CT molecular complexity index is 918. The summed E-state index contributed by atoms with van der Waals surface area (Å²) < 4.78 is 12.7. The minimum atomic E-state index is -0.640. The molecule has 3 heterocycles. The van der Waals surface area contributed by atoms with Gasteiger partial charge in [-0.15, -0.1) is 0 Å². The predicted octanol–water partition coefficient (Wildman–Crippen LogP) is 2.10. The van der Waals surface area contributed by atoms with Crippen LogP contribution in [0.2, 0.25) is 0 Å². The zero-order chi connectivity index (χ0) is 21.6. The van der Waals surface area contributed by atoms with Gasteiger partial charge < -0.3 is 24.7 Å². The van der Waals surface area contributed by atoms with Gasteiger partial charge in [-0.2, -0.15) is 0 Å². The van der Waals surface area contributed by atoms with Gasteiger partial charge in [0.15, 0.2) is 11.5 Å². The third-order valence-corrected chi connectivity index (χ3v) is 5.96. The van der Waals surface area contributed by atoms with E-state index in [-0.39, 0.29) is 19.4 Å². The van der Waals surface area contributed by atoms with Crippen LogP contribution < -0.4 is 20.1 Å². The molecule has 1 aromatic heterocycles. The van der Waals surface area contributed by atoms with E-state index in [1.807, 2.05) is 31.4 Å². The number of amides is 2. The van der Waals surface area contributed by atoms with Gasteiger partial charge in [0.05, 0.1) is 6.04 Å². The van der Waals surface area contributed by atoms with E-state index in [0.29, 0.717) is 18.0 Å². The molecule has 2 N–H and O–H groups in total. The molecule has 1 aromatic carbocycles. The van der Waals surface area contributed by atoms with E-state index < -0.39 is 11.8 Å². The van der Waals surface area contributed by atoms with Crippen molar-refractivity contribution in [2.45, 2.75) is 38.3 Å². The minimum Gasteiger partial charge on any atom is -0.454 e. The van der Waals surface area contributed by atoms with Crippen molar-refractivity contribution < 1.29 is 19.1 Å². The van der Waals surface area contributed by atoms with Crippen LogP contribution in [-0.2, 0) is 23.2 Å². The van der Waals surface area contributed by atoms with Gasteiger partial charge in [0.1, 0.15) is 0 Å². The molecule has 0 aliphatic carbocycles. The summed E-state index contributed by atoms with van der Waals surface area (Å²) in [5.41, 5.74) is 1.99.